The molecule has 23 heavy (non-hydrogen) atoms. The monoisotopic (exact) mass is 362 g/mol. The zero-order chi connectivity index (χ0) is 15.2. The second kappa shape index (κ2) is 10.8. The van der Waals surface area contributed by atoms with Crippen LogP contribution < -0.4 is 10.6 Å². The first kappa shape index (κ1) is 22.1. The van der Waals surface area contributed by atoms with Crippen molar-refractivity contribution >= 4 is 30.7 Å². The van der Waals surface area contributed by atoms with Gasteiger partial charge in [-0.2, -0.15) is 0 Å². The number of carbonyl (C=O) groups excluding carboxylic acids is 1. The van der Waals surface area contributed by atoms with Crippen LogP contribution >= 0.6 is 24.8 Å². The molecule has 0 bridgehead atoms. The highest BCUT2D eigenvalue weighted by atomic mass is 35.5. The van der Waals surface area contributed by atoms with Crippen molar-refractivity contribution < 1.29 is 4.79 Å². The van der Waals surface area contributed by atoms with Crippen molar-refractivity contribution in [3.63, 3.8) is 0 Å². The molecule has 1 aromatic heterocycles. The van der Waals surface area contributed by atoms with Gasteiger partial charge in [0, 0.05) is 17.9 Å². The van der Waals surface area contributed by atoms with Crippen LogP contribution in [0.15, 0.2) is 18.3 Å². The van der Waals surface area contributed by atoms with Gasteiger partial charge in [-0.3, -0.25) is 14.7 Å². The molecule has 2 rings (SSSR count). The Labute approximate surface area is 151 Å². The summed E-state index contributed by atoms with van der Waals surface area (Å²) in [6.07, 6.45) is 4.05. The number of amides is 1. The van der Waals surface area contributed by atoms with Crippen LogP contribution in [-0.2, 0) is 4.79 Å². The Morgan fingerprint density at radius 1 is 1.39 bits per heavy atom. The van der Waals surface area contributed by atoms with Gasteiger partial charge in [-0.05, 0) is 58.5 Å². The molecule has 1 atom stereocenters. The molecule has 1 amide bonds. The molecule has 2 N–H and O–H groups in total. The molecule has 1 saturated heterocycles. The lowest BCUT2D eigenvalue weighted by Gasteiger charge is -2.31. The van der Waals surface area contributed by atoms with Crippen LogP contribution in [0.1, 0.15) is 37.1 Å². The van der Waals surface area contributed by atoms with E-state index in [1.807, 2.05) is 39.2 Å². The summed E-state index contributed by atoms with van der Waals surface area (Å²) in [6.45, 7) is 6.49. The predicted octanol–water partition coefficient (Wildman–Crippen LogP) is 2.09. The van der Waals surface area contributed by atoms with Gasteiger partial charge >= 0.3 is 0 Å². The van der Waals surface area contributed by atoms with Crippen molar-refractivity contribution in [3.8, 4) is 0 Å². The van der Waals surface area contributed by atoms with E-state index in [1.165, 1.54) is 0 Å². The smallest absolute Gasteiger partial charge is 0.234 e. The second-order valence-electron chi connectivity index (χ2n) is 5.92. The van der Waals surface area contributed by atoms with Crippen molar-refractivity contribution in [2.45, 2.75) is 38.8 Å². The number of pyridine rings is 1. The Morgan fingerprint density at radius 3 is 2.61 bits per heavy atom. The van der Waals surface area contributed by atoms with Gasteiger partial charge in [-0.25, -0.2) is 0 Å². The summed E-state index contributed by atoms with van der Waals surface area (Å²) in [5, 5.41) is 6.40. The van der Waals surface area contributed by atoms with E-state index >= 15 is 0 Å². The van der Waals surface area contributed by atoms with E-state index in [0.717, 1.165) is 37.2 Å². The molecule has 7 heteroatoms. The number of hydrogen-bond acceptors (Lipinski definition) is 4. The molecule has 132 valence electrons. The first-order chi connectivity index (χ1) is 10.1. The molecule has 1 aliphatic heterocycles. The highest BCUT2D eigenvalue weighted by Gasteiger charge is 2.20. The number of rotatable bonds is 5. The number of aromatic nitrogens is 1. The largest absolute Gasteiger partial charge is 0.348 e. The van der Waals surface area contributed by atoms with Gasteiger partial charge < -0.3 is 10.6 Å². The lowest BCUT2D eigenvalue weighted by Crippen LogP contribution is -2.45. The molecule has 2 heterocycles. The summed E-state index contributed by atoms with van der Waals surface area (Å²) in [7, 11) is 2.04. The molecule has 0 aromatic carbocycles. The van der Waals surface area contributed by atoms with Gasteiger partial charge in [-0.15, -0.1) is 24.8 Å². The minimum Gasteiger partial charge on any atom is -0.348 e. The number of hydrogen-bond donors (Lipinski definition) is 2. The fourth-order valence-corrected chi connectivity index (χ4v) is 2.71. The summed E-state index contributed by atoms with van der Waals surface area (Å²) in [5.41, 5.74) is 2.03. The average Bonchev–Trinajstić information content (AvgIpc) is 2.48. The third-order valence-electron chi connectivity index (χ3n) is 4.14. The van der Waals surface area contributed by atoms with Crippen LogP contribution in [0.25, 0.3) is 0 Å². The number of likely N-dealkylation sites (N-methyl/N-ethyl adjacent to an activating group) is 1. The van der Waals surface area contributed by atoms with E-state index < -0.39 is 0 Å². The van der Waals surface area contributed by atoms with Crippen molar-refractivity contribution in [3.05, 3.63) is 29.6 Å². The predicted molar refractivity (Wildman–Crippen MR) is 98.5 cm³/mol. The van der Waals surface area contributed by atoms with E-state index in [4.69, 9.17) is 0 Å². The van der Waals surface area contributed by atoms with Crippen LogP contribution in [0.5, 0.6) is 0 Å². The van der Waals surface area contributed by atoms with Crippen LogP contribution in [0.3, 0.4) is 0 Å². The minimum atomic E-state index is -0.00739. The molecular weight excluding hydrogens is 335 g/mol. The number of aryl methyl sites for hydroxylation is 1. The zero-order valence-electron chi connectivity index (χ0n) is 14.0. The van der Waals surface area contributed by atoms with E-state index in [0.29, 0.717) is 12.6 Å². The Morgan fingerprint density at radius 2 is 2.04 bits per heavy atom. The Balaban J connectivity index is 0.00000242. The maximum Gasteiger partial charge on any atom is 0.234 e. The number of halogens is 2. The standard InChI is InChI=1S/C16H26N4O.2ClH/c1-12-4-5-14(10-18-12)13(2)19-16(21)11-20(3)15-6-8-17-9-7-15;;/h4-5,10,13,15,17H,6-9,11H2,1-3H3,(H,19,21);2*1H. The quantitative estimate of drug-likeness (QED) is 0.841. The molecule has 1 aromatic rings. The Bertz CT molecular complexity index is 464. The van der Waals surface area contributed by atoms with Gasteiger partial charge in [0.15, 0.2) is 0 Å². The van der Waals surface area contributed by atoms with Crippen molar-refractivity contribution in [1.82, 2.24) is 20.5 Å². The number of carbonyl (C=O) groups is 1. The minimum absolute atomic E-state index is 0. The third kappa shape index (κ3) is 7.04. The van der Waals surface area contributed by atoms with Crippen molar-refractivity contribution in [2.24, 2.45) is 0 Å². The molecule has 1 unspecified atom stereocenters. The Hall–Kier alpha value is -0.880. The summed E-state index contributed by atoms with van der Waals surface area (Å²) >= 11 is 0. The molecule has 0 radical (unpaired) electrons. The SMILES string of the molecule is Cc1ccc(C(C)NC(=O)CN(C)C2CCNCC2)cn1.Cl.Cl. The Kier molecular flexibility index (Phi) is 10.4. The summed E-state index contributed by atoms with van der Waals surface area (Å²) < 4.78 is 0. The van der Waals surface area contributed by atoms with Crippen molar-refractivity contribution in [1.29, 1.82) is 0 Å². The van der Waals surface area contributed by atoms with Crippen LogP contribution in [-0.4, -0.2) is 48.5 Å². The van der Waals surface area contributed by atoms with E-state index in [-0.39, 0.29) is 36.8 Å². The number of nitrogens with zero attached hydrogens (tertiary/aromatic N) is 2. The van der Waals surface area contributed by atoms with Crippen LogP contribution in [0.2, 0.25) is 0 Å². The van der Waals surface area contributed by atoms with Gasteiger partial charge in [0.2, 0.25) is 5.91 Å². The fourth-order valence-electron chi connectivity index (χ4n) is 2.71. The van der Waals surface area contributed by atoms with E-state index in [1.54, 1.807) is 0 Å². The third-order valence-corrected chi connectivity index (χ3v) is 4.14. The fraction of sp³-hybridized carbons (Fsp3) is 0.625. The maximum absolute atomic E-state index is 12.2. The highest BCUT2D eigenvalue weighted by Crippen LogP contribution is 2.12. The van der Waals surface area contributed by atoms with E-state index in [9.17, 15) is 4.79 Å². The summed E-state index contributed by atoms with van der Waals surface area (Å²) in [4.78, 5) is 18.6. The maximum atomic E-state index is 12.2. The molecule has 0 aliphatic carbocycles. The van der Waals surface area contributed by atoms with Crippen molar-refractivity contribution in [2.75, 3.05) is 26.7 Å². The molecule has 0 spiro atoms. The second-order valence-corrected chi connectivity index (χ2v) is 5.92. The summed E-state index contributed by atoms with van der Waals surface area (Å²) in [6, 6.07) is 4.49. The molecule has 0 saturated carbocycles. The first-order valence-electron chi connectivity index (χ1n) is 7.69. The van der Waals surface area contributed by atoms with Gasteiger partial charge in [0.25, 0.3) is 0 Å². The average molecular weight is 363 g/mol. The molecule has 1 fully saturated rings. The molecule has 5 nitrogen and oxygen atoms in total. The molecular formula is C16H28Cl2N4O. The normalized spacial score (nSPS) is 16.2. The zero-order valence-corrected chi connectivity index (χ0v) is 15.7. The van der Waals surface area contributed by atoms with Crippen LogP contribution in [0, 0.1) is 6.92 Å². The van der Waals surface area contributed by atoms with Gasteiger partial charge in [0.05, 0.1) is 12.6 Å². The van der Waals surface area contributed by atoms with Crippen LogP contribution in [0.4, 0.5) is 0 Å². The lowest BCUT2D eigenvalue weighted by atomic mass is 10.1. The van der Waals surface area contributed by atoms with E-state index in [2.05, 4.69) is 20.5 Å². The first-order valence-corrected chi connectivity index (χ1v) is 7.69. The van der Waals surface area contributed by atoms with Gasteiger partial charge in [0.1, 0.15) is 0 Å². The lowest BCUT2D eigenvalue weighted by molar-refractivity contribution is -0.123. The summed E-state index contributed by atoms with van der Waals surface area (Å²) in [5.74, 6) is 0.0732. The number of nitrogens with one attached hydrogen (secondary N) is 2. The highest BCUT2D eigenvalue weighted by molar-refractivity contribution is 5.85. The van der Waals surface area contributed by atoms with Gasteiger partial charge in [-0.1, -0.05) is 6.07 Å². The number of piperidine rings is 1. The molecule has 1 aliphatic rings. The topological polar surface area (TPSA) is 57.3 Å².